The number of unbranched alkanes of at least 4 members (excludes halogenated alkanes) is 45. The van der Waals surface area contributed by atoms with Crippen LogP contribution in [0.4, 0.5) is 0 Å². The van der Waals surface area contributed by atoms with Crippen LogP contribution in [0.5, 0.6) is 0 Å². The Bertz CT molecular complexity index is 2570. The normalized spacial score (nSPS) is 24.7. The summed E-state index contributed by atoms with van der Waals surface area (Å²) in [5, 5.41) is 122. The molecule has 0 aliphatic carbocycles. The number of aliphatic hydroxyl groups is 11. The van der Waals surface area contributed by atoms with Crippen LogP contribution in [0.2, 0.25) is 0 Å². The van der Waals surface area contributed by atoms with Crippen LogP contribution in [0.3, 0.4) is 0 Å². The Morgan fingerprint density at radius 2 is 0.580 bits per heavy atom. The van der Waals surface area contributed by atoms with E-state index in [9.17, 15) is 61.0 Å². The highest BCUT2D eigenvalue weighted by Gasteiger charge is 2.54. The molecule has 17 unspecified atom stereocenters. The van der Waals surface area contributed by atoms with Gasteiger partial charge in [0.1, 0.15) is 73.2 Å². The highest BCUT2D eigenvalue weighted by atomic mass is 16.8. The standard InChI is InChI=1S/C100H177NO18/c1-3-5-7-9-11-13-15-17-19-21-23-25-27-29-31-33-35-37-38-39-40-41-42-43-44-46-48-50-52-54-56-58-60-62-64-66-68-70-72-74-76-78-88(106)101-83(84(105)77-75-73-71-69-67-65-63-61-59-57-55-53-51-49-47-45-36-34-32-30-28-26-24-22-20-18-16-14-12-10-8-6-4-2)82-114-98-94(112)91(109)96(86(80-103)116-98)119-100-95(113)92(110)97(87(81-104)117-100)118-99-93(111)90(108)89(107)85(79-102)115-99/h5,7,11,13,17,19,23,25,29,31,35,37,39-40,42-43,46,48,83-87,89-100,102-105,107-113H,3-4,6,8-10,12,14-16,18,20-22,24,26-28,30,32-34,36,38,41,44-45,47,49-82H2,1-2H3,(H,101,106)/b7-5-,13-11-,19-17-,25-23-,31-29-,37-35-,40-39-,43-42-,48-46-. The van der Waals surface area contributed by atoms with Crippen LogP contribution in [0.1, 0.15) is 386 Å². The maximum Gasteiger partial charge on any atom is 0.220 e. The minimum absolute atomic E-state index is 0.242. The zero-order valence-corrected chi connectivity index (χ0v) is 74.8. The summed E-state index contributed by atoms with van der Waals surface area (Å²) < 4.78 is 34.6. The van der Waals surface area contributed by atoms with Gasteiger partial charge in [0.05, 0.1) is 38.6 Å². The molecule has 3 aliphatic rings. The van der Waals surface area contributed by atoms with E-state index < -0.39 is 124 Å². The van der Waals surface area contributed by atoms with Crippen molar-refractivity contribution >= 4 is 5.91 Å². The molecule has 0 saturated carbocycles. The second kappa shape index (κ2) is 78.0. The van der Waals surface area contributed by atoms with E-state index in [2.05, 4.69) is 129 Å². The summed E-state index contributed by atoms with van der Waals surface area (Å²) in [6.45, 7) is 1.74. The second-order valence-corrected chi connectivity index (χ2v) is 34.2. The van der Waals surface area contributed by atoms with E-state index in [-0.39, 0.29) is 18.9 Å². The molecule has 17 atom stereocenters. The van der Waals surface area contributed by atoms with E-state index in [1.54, 1.807) is 0 Å². The number of hydrogen-bond acceptors (Lipinski definition) is 18. The van der Waals surface area contributed by atoms with E-state index in [0.717, 1.165) is 109 Å². The number of carbonyl (C=O) groups is 1. The number of hydrogen-bond donors (Lipinski definition) is 12. The molecule has 0 bridgehead atoms. The van der Waals surface area contributed by atoms with Crippen molar-refractivity contribution in [1.29, 1.82) is 0 Å². The Morgan fingerprint density at radius 3 is 0.908 bits per heavy atom. The molecule has 690 valence electrons. The average Bonchev–Trinajstić information content (AvgIpc) is 0.778. The van der Waals surface area contributed by atoms with Gasteiger partial charge in [-0.2, -0.15) is 0 Å². The Balaban J connectivity index is 1.30. The van der Waals surface area contributed by atoms with Gasteiger partial charge in [-0.1, -0.05) is 406 Å². The molecule has 19 nitrogen and oxygen atoms in total. The summed E-state index contributed by atoms with van der Waals surface area (Å²) in [5.41, 5.74) is 0. The minimum atomic E-state index is -1.98. The highest BCUT2D eigenvalue weighted by Crippen LogP contribution is 2.34. The van der Waals surface area contributed by atoms with Crippen molar-refractivity contribution in [3.8, 4) is 0 Å². The maximum absolute atomic E-state index is 13.6. The smallest absolute Gasteiger partial charge is 0.220 e. The molecular weight excluding hydrogens is 1500 g/mol. The molecule has 3 heterocycles. The number of carbonyl (C=O) groups excluding carboxylic acids is 1. The van der Waals surface area contributed by atoms with Crippen LogP contribution in [-0.2, 0) is 33.2 Å². The lowest BCUT2D eigenvalue weighted by Gasteiger charge is -2.48. The minimum Gasteiger partial charge on any atom is -0.394 e. The van der Waals surface area contributed by atoms with Gasteiger partial charge in [-0.05, 0) is 83.5 Å². The lowest BCUT2D eigenvalue weighted by atomic mass is 9.96. The van der Waals surface area contributed by atoms with Crippen LogP contribution < -0.4 is 5.32 Å². The summed E-state index contributed by atoms with van der Waals surface area (Å²) in [5.74, 6) is -0.242. The van der Waals surface area contributed by atoms with E-state index in [1.807, 2.05) is 0 Å². The van der Waals surface area contributed by atoms with Gasteiger partial charge in [0.15, 0.2) is 18.9 Å². The van der Waals surface area contributed by atoms with Gasteiger partial charge in [0.2, 0.25) is 5.91 Å². The monoisotopic (exact) mass is 1680 g/mol. The first-order chi connectivity index (χ1) is 58.3. The Labute approximate surface area is 723 Å². The van der Waals surface area contributed by atoms with Crippen LogP contribution >= 0.6 is 0 Å². The second-order valence-electron chi connectivity index (χ2n) is 34.2. The molecule has 19 heteroatoms. The molecule has 3 saturated heterocycles. The lowest BCUT2D eigenvalue weighted by molar-refractivity contribution is -0.379. The molecular formula is C100H177NO18. The van der Waals surface area contributed by atoms with Crippen molar-refractivity contribution in [1.82, 2.24) is 5.32 Å². The van der Waals surface area contributed by atoms with Gasteiger partial charge in [0.25, 0.3) is 0 Å². The van der Waals surface area contributed by atoms with Crippen molar-refractivity contribution in [2.24, 2.45) is 0 Å². The first kappa shape index (κ1) is 110. The SMILES string of the molecule is CC/C=C\C/C=C\C/C=C\C/C=C\C/C=C\C/C=C\C/C=C\C/C=C\C/C=C\CCCCCCCCCCCCCCCC(=O)NC(COC1OC(CO)C(OC2OC(CO)C(OC3OC(CO)C(O)C(O)C3O)C(O)C2O)C(O)C1O)C(O)CCCCCCCCCCCCCCCCCCCCCCCCCCCCCCCCCCC. The number of amides is 1. The third kappa shape index (κ3) is 55.5. The summed E-state index contributed by atoms with van der Waals surface area (Å²) in [6.07, 6.45) is 83.5. The van der Waals surface area contributed by atoms with Crippen molar-refractivity contribution in [2.45, 2.75) is 491 Å². The molecule has 119 heavy (non-hydrogen) atoms. The van der Waals surface area contributed by atoms with E-state index >= 15 is 0 Å². The summed E-state index contributed by atoms with van der Waals surface area (Å²) in [6, 6.07) is -0.897. The maximum atomic E-state index is 13.6. The molecule has 0 radical (unpaired) electrons. The van der Waals surface area contributed by atoms with E-state index in [1.165, 1.54) is 244 Å². The lowest BCUT2D eigenvalue weighted by Crippen LogP contribution is -2.66. The average molecular weight is 1680 g/mol. The molecule has 12 N–H and O–H groups in total. The highest BCUT2D eigenvalue weighted by molar-refractivity contribution is 5.76. The van der Waals surface area contributed by atoms with Crippen molar-refractivity contribution < 1.29 is 89.4 Å². The molecule has 0 aromatic carbocycles. The van der Waals surface area contributed by atoms with Crippen LogP contribution in [0, 0.1) is 0 Å². The van der Waals surface area contributed by atoms with Gasteiger partial charge in [-0.3, -0.25) is 4.79 Å². The number of nitrogens with one attached hydrogen (secondary N) is 1. The van der Waals surface area contributed by atoms with Gasteiger partial charge in [-0.15, -0.1) is 0 Å². The number of rotatable bonds is 79. The topological polar surface area (TPSA) is 307 Å². The summed E-state index contributed by atoms with van der Waals surface area (Å²) in [4.78, 5) is 13.6. The van der Waals surface area contributed by atoms with Crippen molar-refractivity contribution in [2.75, 3.05) is 26.4 Å². The summed E-state index contributed by atoms with van der Waals surface area (Å²) in [7, 11) is 0. The van der Waals surface area contributed by atoms with Crippen LogP contribution in [0.15, 0.2) is 109 Å². The van der Waals surface area contributed by atoms with Crippen LogP contribution in [0.25, 0.3) is 0 Å². The largest absolute Gasteiger partial charge is 0.394 e. The predicted molar refractivity (Wildman–Crippen MR) is 484 cm³/mol. The fourth-order valence-corrected chi connectivity index (χ4v) is 16.0. The fraction of sp³-hybridized carbons (Fsp3) is 0.810. The van der Waals surface area contributed by atoms with Gasteiger partial charge < -0.3 is 89.9 Å². The molecule has 3 rings (SSSR count). The van der Waals surface area contributed by atoms with Crippen molar-refractivity contribution in [3.63, 3.8) is 0 Å². The first-order valence-electron chi connectivity index (χ1n) is 48.6. The van der Waals surface area contributed by atoms with Crippen LogP contribution in [-0.4, -0.2) is 193 Å². The van der Waals surface area contributed by atoms with Gasteiger partial charge in [-0.25, -0.2) is 0 Å². The molecule has 0 spiro atoms. The number of ether oxygens (including phenoxy) is 6. The van der Waals surface area contributed by atoms with E-state index in [4.69, 9.17) is 28.4 Å². The number of aliphatic hydroxyl groups excluding tert-OH is 11. The number of allylic oxidation sites excluding steroid dienone is 18. The molecule has 1 amide bonds. The molecule has 0 aromatic rings. The van der Waals surface area contributed by atoms with Crippen molar-refractivity contribution in [3.05, 3.63) is 109 Å². The molecule has 0 aromatic heterocycles. The Kier molecular flexibility index (Phi) is 71.8. The van der Waals surface area contributed by atoms with Gasteiger partial charge >= 0.3 is 0 Å². The zero-order valence-electron chi connectivity index (χ0n) is 74.8. The van der Waals surface area contributed by atoms with E-state index in [0.29, 0.717) is 12.8 Å². The van der Waals surface area contributed by atoms with Gasteiger partial charge in [0, 0.05) is 6.42 Å². The quantitative estimate of drug-likeness (QED) is 0.0199. The Morgan fingerprint density at radius 1 is 0.311 bits per heavy atom. The fourth-order valence-electron chi connectivity index (χ4n) is 16.0. The molecule has 3 aliphatic heterocycles. The first-order valence-corrected chi connectivity index (χ1v) is 48.6. The third-order valence-electron chi connectivity index (χ3n) is 23.6. The zero-order chi connectivity index (χ0) is 85.9. The molecule has 3 fully saturated rings. The predicted octanol–water partition coefficient (Wildman–Crippen LogP) is 20.0. The third-order valence-corrected chi connectivity index (χ3v) is 23.6. The Hall–Kier alpha value is -3.55. The summed E-state index contributed by atoms with van der Waals surface area (Å²) >= 11 is 0.